The van der Waals surface area contributed by atoms with Gasteiger partial charge < -0.3 is 0 Å². The minimum Gasteiger partial charge on any atom is -0.206 e. The van der Waals surface area contributed by atoms with Gasteiger partial charge in [0.05, 0.1) is 5.56 Å². The van der Waals surface area contributed by atoms with Crippen LogP contribution < -0.4 is 0 Å². The lowest BCUT2D eigenvalue weighted by Gasteiger charge is -2.42. The molecule has 4 atom stereocenters. The topological polar surface area (TPSA) is 0 Å². The summed E-state index contributed by atoms with van der Waals surface area (Å²) in [7, 11) is 0. The summed E-state index contributed by atoms with van der Waals surface area (Å²) in [6.45, 7) is 4.36. The number of aryl methyl sites for hydroxylation is 1. The zero-order valence-corrected chi connectivity index (χ0v) is 20.0. The van der Waals surface area contributed by atoms with Crippen molar-refractivity contribution in [1.29, 1.82) is 0 Å². The lowest BCUT2D eigenvalue weighted by molar-refractivity contribution is 0.113. The molecule has 2 aromatic carbocycles. The first-order valence-electron chi connectivity index (χ1n) is 13.2. The highest BCUT2D eigenvalue weighted by Gasteiger charge is 2.36. The van der Waals surface area contributed by atoms with Crippen LogP contribution in [-0.2, 0) is 6.42 Å². The maximum Gasteiger partial charge on any atom is 0.134 e. The summed E-state index contributed by atoms with van der Waals surface area (Å²) >= 11 is 0. The lowest BCUT2D eigenvalue weighted by Crippen LogP contribution is -2.30. The maximum absolute atomic E-state index is 15.1. The third-order valence-electron chi connectivity index (χ3n) is 8.37. The number of fused-ring (bicyclic) bond motifs is 1. The van der Waals surface area contributed by atoms with Crippen molar-refractivity contribution in [2.45, 2.75) is 96.8 Å². The zero-order chi connectivity index (χ0) is 22.5. The van der Waals surface area contributed by atoms with Crippen molar-refractivity contribution in [3.8, 4) is 11.1 Å². The van der Waals surface area contributed by atoms with Crippen LogP contribution >= 0.6 is 0 Å². The quantitative estimate of drug-likeness (QED) is 0.360. The van der Waals surface area contributed by atoms with Crippen LogP contribution in [0.5, 0.6) is 0 Å². The predicted molar refractivity (Wildman–Crippen MR) is 131 cm³/mol. The zero-order valence-electron chi connectivity index (χ0n) is 20.0. The van der Waals surface area contributed by atoms with E-state index in [1.807, 2.05) is 24.3 Å². The number of halogens is 2. The van der Waals surface area contributed by atoms with Gasteiger partial charge in [-0.05, 0) is 91.0 Å². The van der Waals surface area contributed by atoms with Gasteiger partial charge in [-0.25, -0.2) is 8.78 Å². The van der Waals surface area contributed by atoms with E-state index in [2.05, 4.69) is 13.8 Å². The number of hydrogen-bond donors (Lipinski definition) is 0. The first-order valence-corrected chi connectivity index (χ1v) is 13.2. The lowest BCUT2D eigenvalue weighted by atomic mass is 9.63. The summed E-state index contributed by atoms with van der Waals surface area (Å²) < 4.78 is 30.1. The Morgan fingerprint density at radius 3 is 2.16 bits per heavy atom. The van der Waals surface area contributed by atoms with E-state index in [9.17, 15) is 0 Å². The van der Waals surface area contributed by atoms with Gasteiger partial charge in [-0.3, -0.25) is 0 Å². The number of benzene rings is 2. The Bertz CT molecular complexity index is 846. The minimum atomic E-state index is -0.415. The highest BCUT2D eigenvalue weighted by atomic mass is 19.1. The van der Waals surface area contributed by atoms with Crippen molar-refractivity contribution >= 4 is 0 Å². The average molecular weight is 439 g/mol. The molecule has 0 heterocycles. The summed E-state index contributed by atoms with van der Waals surface area (Å²) in [6, 6.07) is 10.8. The predicted octanol–water partition coefficient (Wildman–Crippen LogP) is 9.46. The van der Waals surface area contributed by atoms with Crippen LogP contribution in [0.4, 0.5) is 8.78 Å². The molecule has 0 nitrogen and oxygen atoms in total. The molecule has 0 saturated heterocycles. The maximum atomic E-state index is 15.1. The Morgan fingerprint density at radius 2 is 1.47 bits per heavy atom. The van der Waals surface area contributed by atoms with Crippen LogP contribution in [-0.4, -0.2) is 0 Å². The van der Waals surface area contributed by atoms with Crippen molar-refractivity contribution in [3.05, 3.63) is 59.2 Å². The summed E-state index contributed by atoms with van der Waals surface area (Å²) in [4.78, 5) is 0. The molecule has 174 valence electrons. The molecular weight excluding hydrogens is 398 g/mol. The molecule has 0 aromatic heterocycles. The third kappa shape index (κ3) is 5.43. The van der Waals surface area contributed by atoms with Crippen molar-refractivity contribution in [2.24, 2.45) is 17.8 Å². The number of unbranched alkanes of at least 4 members (excludes halogenated alkanes) is 3. The molecule has 2 fully saturated rings. The highest BCUT2D eigenvalue weighted by molar-refractivity contribution is 5.65. The molecule has 4 rings (SSSR count). The summed E-state index contributed by atoms with van der Waals surface area (Å²) in [5, 5.41) is 0. The molecule has 2 aliphatic rings. The molecule has 2 aromatic rings. The van der Waals surface area contributed by atoms with Crippen LogP contribution in [0, 0.1) is 29.4 Å². The SMILES string of the molecule is CCCCCCC1CCC2CC(c3cc(F)c(-c4ccc(CC)cc4)c(F)c3)CCC2C1. The standard InChI is InChI=1S/C30H40F2/c1-3-5-6-7-8-22-11-14-25-18-26(16-15-24(25)17-22)27-19-28(31)30(29(32)20-27)23-12-9-21(4-2)10-13-23/h9-10,12-13,19-20,22,24-26H,3-8,11,14-18H2,1-2H3. The van der Waals surface area contributed by atoms with Gasteiger partial charge in [-0.1, -0.05) is 76.6 Å². The molecule has 0 aliphatic heterocycles. The van der Waals surface area contributed by atoms with Crippen LogP contribution in [0.1, 0.15) is 102 Å². The normalized spacial score (nSPS) is 25.5. The molecular formula is C30H40F2. The summed E-state index contributed by atoms with van der Waals surface area (Å²) in [5.41, 5.74) is 2.80. The molecule has 0 bridgehead atoms. The minimum absolute atomic E-state index is 0.119. The number of rotatable bonds is 8. The van der Waals surface area contributed by atoms with Gasteiger partial charge >= 0.3 is 0 Å². The fourth-order valence-electron chi connectivity index (χ4n) is 6.42. The second kappa shape index (κ2) is 10.9. The monoisotopic (exact) mass is 438 g/mol. The molecule has 0 amide bonds. The van der Waals surface area contributed by atoms with Gasteiger partial charge in [0.15, 0.2) is 0 Å². The molecule has 0 spiro atoms. The van der Waals surface area contributed by atoms with Gasteiger partial charge in [0.2, 0.25) is 0 Å². The third-order valence-corrected chi connectivity index (χ3v) is 8.37. The van der Waals surface area contributed by atoms with Crippen LogP contribution in [0.2, 0.25) is 0 Å². The van der Waals surface area contributed by atoms with E-state index in [1.54, 1.807) is 12.1 Å². The van der Waals surface area contributed by atoms with Gasteiger partial charge in [-0.15, -0.1) is 0 Å². The first-order chi connectivity index (χ1) is 15.6. The van der Waals surface area contributed by atoms with E-state index >= 15 is 8.78 Å². The Balaban J connectivity index is 1.39. The molecule has 0 N–H and O–H groups in total. The van der Waals surface area contributed by atoms with Gasteiger partial charge in [-0.2, -0.15) is 0 Å². The number of hydrogen-bond acceptors (Lipinski definition) is 0. The van der Waals surface area contributed by atoms with Gasteiger partial charge in [0.1, 0.15) is 11.6 Å². The van der Waals surface area contributed by atoms with Crippen molar-refractivity contribution in [1.82, 2.24) is 0 Å². The van der Waals surface area contributed by atoms with Crippen molar-refractivity contribution < 1.29 is 8.78 Å². The first kappa shape index (κ1) is 23.5. The largest absolute Gasteiger partial charge is 0.206 e. The van der Waals surface area contributed by atoms with Crippen LogP contribution in [0.15, 0.2) is 36.4 Å². The van der Waals surface area contributed by atoms with Gasteiger partial charge in [0.25, 0.3) is 0 Å². The Labute approximate surface area is 193 Å². The van der Waals surface area contributed by atoms with E-state index in [0.717, 1.165) is 42.6 Å². The van der Waals surface area contributed by atoms with E-state index in [0.29, 0.717) is 11.5 Å². The molecule has 2 aliphatic carbocycles. The highest BCUT2D eigenvalue weighted by Crippen LogP contribution is 2.49. The molecule has 0 radical (unpaired) electrons. The molecule has 32 heavy (non-hydrogen) atoms. The molecule has 4 unspecified atom stereocenters. The summed E-state index contributed by atoms with van der Waals surface area (Å²) in [6.07, 6.45) is 15.3. The second-order valence-electron chi connectivity index (χ2n) is 10.5. The van der Waals surface area contributed by atoms with Crippen LogP contribution in [0.25, 0.3) is 11.1 Å². The van der Waals surface area contributed by atoms with E-state index in [4.69, 9.17) is 0 Å². The fraction of sp³-hybridized carbons (Fsp3) is 0.600. The average Bonchev–Trinajstić information content (AvgIpc) is 2.81. The van der Waals surface area contributed by atoms with Crippen molar-refractivity contribution in [3.63, 3.8) is 0 Å². The van der Waals surface area contributed by atoms with Gasteiger partial charge in [0, 0.05) is 0 Å². The second-order valence-corrected chi connectivity index (χ2v) is 10.5. The molecule has 2 saturated carbocycles. The smallest absolute Gasteiger partial charge is 0.134 e. The van der Waals surface area contributed by atoms with E-state index < -0.39 is 11.6 Å². The Kier molecular flexibility index (Phi) is 8.02. The van der Waals surface area contributed by atoms with Crippen LogP contribution in [0.3, 0.4) is 0 Å². The Hall–Kier alpha value is -1.70. The van der Waals surface area contributed by atoms with E-state index in [1.165, 1.54) is 63.4 Å². The van der Waals surface area contributed by atoms with E-state index in [-0.39, 0.29) is 5.56 Å². The Morgan fingerprint density at radius 1 is 0.781 bits per heavy atom. The van der Waals surface area contributed by atoms with Crippen molar-refractivity contribution in [2.75, 3.05) is 0 Å². The fourth-order valence-corrected chi connectivity index (χ4v) is 6.42. The summed E-state index contributed by atoms with van der Waals surface area (Å²) in [5.74, 6) is 1.97. The molecule has 2 heteroatoms.